The van der Waals surface area contributed by atoms with Crippen LogP contribution in [0.2, 0.25) is 0 Å². The molecule has 3 aromatic heterocycles. The van der Waals surface area contributed by atoms with E-state index in [1.807, 2.05) is 42.5 Å². The quantitative estimate of drug-likeness (QED) is 0.0711. The second kappa shape index (κ2) is 12.6. The number of rotatable bonds is 13. The molecule has 0 unspecified atom stereocenters. The summed E-state index contributed by atoms with van der Waals surface area (Å²) >= 11 is 0. The van der Waals surface area contributed by atoms with Gasteiger partial charge in [-0.1, -0.05) is 89.7 Å². The molecule has 4 aromatic carbocycles. The molecule has 0 spiro atoms. The van der Waals surface area contributed by atoms with Crippen molar-refractivity contribution in [3.63, 3.8) is 0 Å². The molecule has 0 bridgehead atoms. The molecule has 48 heavy (non-hydrogen) atoms. The van der Waals surface area contributed by atoms with Gasteiger partial charge < -0.3 is 0 Å². The number of carbonyl (C=O) groups excluding carboxylic acids is 2. The minimum absolute atomic E-state index is 0.240. The third-order valence-corrected chi connectivity index (χ3v) is 10.1. The lowest BCUT2D eigenvalue weighted by Crippen LogP contribution is -2.41. The zero-order valence-electron chi connectivity index (χ0n) is 27.4. The van der Waals surface area contributed by atoms with E-state index < -0.39 is 0 Å². The van der Waals surface area contributed by atoms with Crippen molar-refractivity contribution in [1.29, 1.82) is 0 Å². The van der Waals surface area contributed by atoms with E-state index in [1.54, 1.807) is 22.6 Å². The first-order valence-corrected chi connectivity index (χ1v) is 17.6. The predicted octanol–water partition coefficient (Wildman–Crippen LogP) is 8.99. The van der Waals surface area contributed by atoms with Crippen LogP contribution in [0, 0.1) is 0 Å². The molecule has 0 aliphatic carbocycles. The molecular formula is C40H39N5O3. The number of para-hydroxylation sites is 2. The average molecular weight is 638 g/mol. The molecule has 1 aliphatic heterocycles. The smallest absolute Gasteiger partial charge is 0.264 e. The molecule has 2 amide bonds. The van der Waals surface area contributed by atoms with Crippen LogP contribution < -0.4 is 5.56 Å². The molecule has 8 rings (SSSR count). The van der Waals surface area contributed by atoms with Gasteiger partial charge in [0.1, 0.15) is 5.65 Å². The van der Waals surface area contributed by atoms with E-state index in [-0.39, 0.29) is 17.4 Å². The summed E-state index contributed by atoms with van der Waals surface area (Å²) in [4.78, 5) is 57.5. The van der Waals surface area contributed by atoms with Gasteiger partial charge in [0.15, 0.2) is 0 Å². The number of pyridine rings is 1. The summed E-state index contributed by atoms with van der Waals surface area (Å²) in [5.74, 6) is -0.581. The largest absolute Gasteiger partial charge is 0.274 e. The number of nitrogens with zero attached hydrogens (tertiary/aromatic N) is 5. The van der Waals surface area contributed by atoms with Crippen molar-refractivity contribution in [2.45, 2.75) is 84.0 Å². The van der Waals surface area contributed by atoms with E-state index >= 15 is 0 Å². The second-order valence-electron chi connectivity index (χ2n) is 13.3. The number of unbranched alkanes of at least 4 members (excludes halogenated alkanes) is 11. The molecule has 0 N–H and O–H groups in total. The molecule has 0 saturated heterocycles. The van der Waals surface area contributed by atoms with Gasteiger partial charge in [0.2, 0.25) is 0 Å². The second-order valence-corrected chi connectivity index (χ2v) is 13.3. The Labute approximate surface area is 278 Å². The fraction of sp³-hybridized carbons (Fsp3) is 0.350. The molecule has 0 saturated carbocycles. The number of fused-ring (bicyclic) bond motifs is 6. The summed E-state index contributed by atoms with van der Waals surface area (Å²) in [5, 5.41) is 2.36. The van der Waals surface area contributed by atoms with Crippen molar-refractivity contribution in [3.05, 3.63) is 82.1 Å². The monoisotopic (exact) mass is 637 g/mol. The number of hydrogen-bond acceptors (Lipinski definition) is 6. The number of hydrogen-bond donors (Lipinski definition) is 0. The minimum atomic E-state index is -0.290. The summed E-state index contributed by atoms with van der Waals surface area (Å²) in [7, 11) is 0. The van der Waals surface area contributed by atoms with Crippen molar-refractivity contribution in [2.75, 3.05) is 6.54 Å². The van der Waals surface area contributed by atoms with E-state index in [9.17, 15) is 14.4 Å². The maximum Gasteiger partial charge on any atom is 0.264 e. The zero-order valence-corrected chi connectivity index (χ0v) is 27.4. The molecule has 0 atom stereocenters. The summed E-state index contributed by atoms with van der Waals surface area (Å²) in [6, 6.07) is 18.5. The van der Waals surface area contributed by atoms with Crippen LogP contribution in [0.3, 0.4) is 0 Å². The summed E-state index contributed by atoms with van der Waals surface area (Å²) in [6.07, 6.45) is 14.7. The molecule has 0 radical (unpaired) electrons. The minimum Gasteiger partial charge on any atom is -0.274 e. The topological polar surface area (TPSA) is 97.5 Å². The number of benzene rings is 4. The number of carbonyl (C=O) groups is 2. The molecule has 242 valence electrons. The number of aromatic nitrogens is 4. The molecule has 8 heteroatoms. The van der Waals surface area contributed by atoms with Gasteiger partial charge in [0.25, 0.3) is 17.4 Å². The molecule has 1 aliphatic rings. The van der Waals surface area contributed by atoms with Crippen molar-refractivity contribution < 1.29 is 9.59 Å². The Balaban J connectivity index is 1.06. The standard InChI is InChI=1S/C40H39N5O3/c1-2-3-4-5-6-7-8-9-10-11-12-15-22-44-38(46)26-19-18-25-35-28(21-20-27(36(26)35)39(44)47)40(48)45-34-24-32-31(23-33(34)43-37(25)45)41-29-16-13-14-17-30(29)42-32/h13-14,16-21,23-24H,2-12,15,22H2,1H3. The summed E-state index contributed by atoms with van der Waals surface area (Å²) in [6.45, 7) is 2.65. The van der Waals surface area contributed by atoms with Crippen LogP contribution in [0.15, 0.2) is 65.5 Å². The normalized spacial score (nSPS) is 13.5. The van der Waals surface area contributed by atoms with E-state index in [1.165, 1.54) is 62.7 Å². The fourth-order valence-electron chi connectivity index (χ4n) is 7.61. The van der Waals surface area contributed by atoms with Crippen LogP contribution >= 0.6 is 0 Å². The number of amides is 2. The van der Waals surface area contributed by atoms with Crippen LogP contribution in [-0.4, -0.2) is 42.6 Å². The van der Waals surface area contributed by atoms with Crippen molar-refractivity contribution >= 4 is 72.1 Å². The first-order valence-electron chi connectivity index (χ1n) is 17.6. The highest BCUT2D eigenvalue weighted by Gasteiger charge is 2.34. The lowest BCUT2D eigenvalue weighted by Gasteiger charge is -2.28. The highest BCUT2D eigenvalue weighted by atomic mass is 16.2. The van der Waals surface area contributed by atoms with Gasteiger partial charge in [-0.25, -0.2) is 15.0 Å². The third-order valence-electron chi connectivity index (χ3n) is 10.1. The number of imidazole rings is 1. The van der Waals surface area contributed by atoms with E-state index in [2.05, 4.69) is 6.92 Å². The SMILES string of the molecule is CCCCCCCCCCCCCCN1C(=O)c2ccc3c(=O)n4c5cc6nc7ccccc7nc6cc5nc4c4ccc(c2c34)C1=O. The van der Waals surface area contributed by atoms with Gasteiger partial charge in [-0.05, 0) is 55.0 Å². The Morgan fingerprint density at radius 3 is 1.73 bits per heavy atom. The van der Waals surface area contributed by atoms with Gasteiger partial charge in [0, 0.05) is 39.2 Å². The highest BCUT2D eigenvalue weighted by Crippen LogP contribution is 2.37. The zero-order chi connectivity index (χ0) is 32.8. The van der Waals surface area contributed by atoms with E-state index in [0.29, 0.717) is 61.5 Å². The Morgan fingerprint density at radius 1 is 0.542 bits per heavy atom. The fourth-order valence-corrected chi connectivity index (χ4v) is 7.61. The van der Waals surface area contributed by atoms with Gasteiger partial charge in [-0.15, -0.1) is 0 Å². The predicted molar refractivity (Wildman–Crippen MR) is 192 cm³/mol. The Hall–Kier alpha value is -4.98. The lowest BCUT2D eigenvalue weighted by atomic mass is 9.90. The summed E-state index contributed by atoms with van der Waals surface area (Å²) in [5.41, 5.74) is 5.40. The van der Waals surface area contributed by atoms with E-state index in [4.69, 9.17) is 15.0 Å². The Bertz CT molecular complexity index is 2410. The van der Waals surface area contributed by atoms with Crippen molar-refractivity contribution in [2.24, 2.45) is 0 Å². The van der Waals surface area contributed by atoms with E-state index in [0.717, 1.165) is 35.7 Å². The van der Waals surface area contributed by atoms with Crippen LogP contribution in [0.4, 0.5) is 0 Å². The first kappa shape index (κ1) is 30.4. The molecule has 0 fully saturated rings. The average Bonchev–Trinajstić information content (AvgIpc) is 3.47. The van der Waals surface area contributed by atoms with Crippen LogP contribution in [-0.2, 0) is 0 Å². The van der Waals surface area contributed by atoms with Gasteiger partial charge in [0.05, 0.1) is 33.1 Å². The number of imide groups is 1. The summed E-state index contributed by atoms with van der Waals surface area (Å²) < 4.78 is 1.62. The first-order chi connectivity index (χ1) is 23.5. The maximum absolute atomic E-state index is 14.1. The molecule has 4 heterocycles. The van der Waals surface area contributed by atoms with Crippen LogP contribution in [0.5, 0.6) is 0 Å². The van der Waals surface area contributed by atoms with Gasteiger partial charge in [-0.3, -0.25) is 23.7 Å². The van der Waals surface area contributed by atoms with Crippen LogP contribution in [0.25, 0.3) is 60.3 Å². The lowest BCUT2D eigenvalue weighted by molar-refractivity contribution is 0.0607. The maximum atomic E-state index is 14.1. The molecule has 8 nitrogen and oxygen atoms in total. The highest BCUT2D eigenvalue weighted by molar-refractivity contribution is 6.31. The van der Waals surface area contributed by atoms with Gasteiger partial charge >= 0.3 is 0 Å². The van der Waals surface area contributed by atoms with Crippen LogP contribution in [0.1, 0.15) is 105 Å². The molecular weight excluding hydrogens is 598 g/mol. The van der Waals surface area contributed by atoms with Crippen molar-refractivity contribution in [3.8, 4) is 0 Å². The van der Waals surface area contributed by atoms with Gasteiger partial charge in [-0.2, -0.15) is 0 Å². The Kier molecular flexibility index (Phi) is 7.95. The third kappa shape index (κ3) is 5.05. The Morgan fingerprint density at radius 2 is 1.10 bits per heavy atom. The van der Waals surface area contributed by atoms with Crippen molar-refractivity contribution in [1.82, 2.24) is 24.3 Å². The molecule has 7 aromatic rings.